The first-order chi connectivity index (χ1) is 28.5. The maximum absolute atomic E-state index is 9.64. The second-order valence-electron chi connectivity index (χ2n) is 13.5. The summed E-state index contributed by atoms with van der Waals surface area (Å²) >= 11 is 0. The molecule has 0 bridgehead atoms. The zero-order valence-corrected chi connectivity index (χ0v) is 29.4. The monoisotopic (exact) mass is 692 g/mol. The van der Waals surface area contributed by atoms with Gasteiger partial charge in [-0.15, -0.1) is 0 Å². The molecule has 2 nitrogen and oxygen atoms in total. The second kappa shape index (κ2) is 13.4. The molecule has 1 heterocycles. The number of hydrogen-bond acceptors (Lipinski definition) is 1. The van der Waals surface area contributed by atoms with Gasteiger partial charge < -0.3 is 9.47 Å². The standard InChI is InChI=1S/C52H36N2/c1-3-13-37(14-4-1)39-23-29-44(30-24-39)53(50-21-11-9-19-47(50)41-16-5-2-6-17-41)45-31-25-40(26-32-45)43-28-34-52-49(36-43)48-20-10-12-22-51(48)54(52)46-33-27-38-15-7-8-18-42(38)35-46/h1-36H/i25D,26D,31D,32D. The summed E-state index contributed by atoms with van der Waals surface area (Å²) in [5.41, 5.74) is 9.63. The van der Waals surface area contributed by atoms with E-state index in [1.54, 1.807) is 0 Å². The van der Waals surface area contributed by atoms with Crippen LogP contribution in [0, 0.1) is 0 Å². The lowest BCUT2D eigenvalue weighted by atomic mass is 10.00. The molecule has 0 amide bonds. The van der Waals surface area contributed by atoms with Crippen molar-refractivity contribution in [1.82, 2.24) is 4.57 Å². The van der Waals surface area contributed by atoms with Crippen LogP contribution in [0.1, 0.15) is 5.48 Å². The maximum atomic E-state index is 9.64. The molecule has 54 heavy (non-hydrogen) atoms. The first-order valence-electron chi connectivity index (χ1n) is 20.2. The molecule has 0 N–H and O–H groups in total. The maximum Gasteiger partial charge on any atom is 0.0645 e. The van der Waals surface area contributed by atoms with Gasteiger partial charge >= 0.3 is 0 Å². The van der Waals surface area contributed by atoms with Gasteiger partial charge in [-0.25, -0.2) is 0 Å². The molecular formula is C52H36N2. The zero-order valence-electron chi connectivity index (χ0n) is 33.4. The highest BCUT2D eigenvalue weighted by atomic mass is 15.1. The Morgan fingerprint density at radius 2 is 0.981 bits per heavy atom. The van der Waals surface area contributed by atoms with E-state index in [1.807, 2.05) is 138 Å². The predicted molar refractivity (Wildman–Crippen MR) is 229 cm³/mol. The Morgan fingerprint density at radius 3 is 1.78 bits per heavy atom. The van der Waals surface area contributed by atoms with Crippen molar-refractivity contribution < 1.29 is 5.48 Å². The summed E-state index contributed by atoms with van der Waals surface area (Å²) in [6, 6.07) is 64.8. The van der Waals surface area contributed by atoms with Crippen LogP contribution in [0.15, 0.2) is 218 Å². The fraction of sp³-hybridized carbons (Fsp3) is 0. The number of rotatable bonds is 7. The highest BCUT2D eigenvalue weighted by Crippen LogP contribution is 2.42. The van der Waals surface area contributed by atoms with Gasteiger partial charge in [0, 0.05) is 33.4 Å². The summed E-state index contributed by atoms with van der Waals surface area (Å²) in [5, 5.41) is 4.34. The summed E-state index contributed by atoms with van der Waals surface area (Å²) in [6.07, 6.45) is 0. The van der Waals surface area contributed by atoms with Crippen molar-refractivity contribution in [1.29, 1.82) is 0 Å². The van der Waals surface area contributed by atoms with E-state index in [4.69, 9.17) is 0 Å². The molecule has 0 aliphatic carbocycles. The highest BCUT2D eigenvalue weighted by Gasteiger charge is 2.18. The van der Waals surface area contributed by atoms with E-state index in [0.717, 1.165) is 66.5 Å². The van der Waals surface area contributed by atoms with E-state index >= 15 is 0 Å². The van der Waals surface area contributed by atoms with Crippen LogP contribution >= 0.6 is 0 Å². The minimum absolute atomic E-state index is 0.100. The molecule has 0 aliphatic heterocycles. The van der Waals surface area contributed by atoms with Gasteiger partial charge in [-0.1, -0.05) is 158 Å². The molecule has 0 saturated carbocycles. The Balaban J connectivity index is 1.15. The molecule has 0 spiro atoms. The van der Waals surface area contributed by atoms with Crippen LogP contribution < -0.4 is 4.90 Å². The summed E-state index contributed by atoms with van der Waals surface area (Å²) in [7, 11) is 0. The van der Waals surface area contributed by atoms with Crippen molar-refractivity contribution >= 4 is 49.6 Å². The summed E-state index contributed by atoms with van der Waals surface area (Å²) in [4.78, 5) is 1.88. The van der Waals surface area contributed by atoms with Crippen LogP contribution in [-0.4, -0.2) is 4.57 Å². The van der Waals surface area contributed by atoms with E-state index in [0.29, 0.717) is 5.56 Å². The molecule has 0 unspecified atom stereocenters. The Bertz CT molecular complexity index is 3130. The summed E-state index contributed by atoms with van der Waals surface area (Å²) < 4.78 is 40.7. The summed E-state index contributed by atoms with van der Waals surface area (Å²) in [6.45, 7) is 0. The van der Waals surface area contributed by atoms with Crippen molar-refractivity contribution in [3.8, 4) is 39.1 Å². The van der Waals surface area contributed by atoms with Gasteiger partial charge in [-0.2, -0.15) is 0 Å². The number of anilines is 3. The molecule has 0 aliphatic rings. The van der Waals surface area contributed by atoms with Crippen LogP contribution in [0.4, 0.5) is 17.1 Å². The number of aromatic nitrogens is 1. The molecule has 9 aromatic carbocycles. The van der Waals surface area contributed by atoms with Crippen LogP contribution in [0.5, 0.6) is 0 Å². The molecule has 0 fully saturated rings. The quantitative estimate of drug-likeness (QED) is 0.161. The van der Waals surface area contributed by atoms with Crippen molar-refractivity contribution in [2.24, 2.45) is 0 Å². The van der Waals surface area contributed by atoms with Gasteiger partial charge in [0.2, 0.25) is 0 Å². The van der Waals surface area contributed by atoms with Crippen LogP contribution in [-0.2, 0) is 0 Å². The third-order valence-corrected chi connectivity index (χ3v) is 10.3. The van der Waals surface area contributed by atoms with Crippen molar-refractivity contribution in [2.75, 3.05) is 4.90 Å². The number of nitrogens with zero attached hydrogens (tertiary/aromatic N) is 2. The molecule has 2 heteroatoms. The lowest BCUT2D eigenvalue weighted by molar-refractivity contribution is 1.19. The lowest BCUT2D eigenvalue weighted by Crippen LogP contribution is -2.11. The normalized spacial score (nSPS) is 12.4. The average Bonchev–Trinajstić information content (AvgIpc) is 3.61. The van der Waals surface area contributed by atoms with Gasteiger partial charge in [0.05, 0.1) is 22.2 Å². The van der Waals surface area contributed by atoms with E-state index in [-0.39, 0.29) is 35.4 Å². The summed E-state index contributed by atoms with van der Waals surface area (Å²) in [5.74, 6) is 0. The fourth-order valence-electron chi connectivity index (χ4n) is 7.64. The van der Waals surface area contributed by atoms with E-state index in [1.165, 1.54) is 5.39 Å². The molecule has 10 aromatic rings. The van der Waals surface area contributed by atoms with Crippen molar-refractivity contribution in [2.45, 2.75) is 0 Å². The van der Waals surface area contributed by atoms with E-state index in [2.05, 4.69) is 65.2 Å². The average molecular weight is 693 g/mol. The van der Waals surface area contributed by atoms with Gasteiger partial charge in [0.15, 0.2) is 0 Å². The minimum atomic E-state index is -0.121. The third kappa shape index (κ3) is 5.62. The van der Waals surface area contributed by atoms with Crippen molar-refractivity contribution in [3.63, 3.8) is 0 Å². The third-order valence-electron chi connectivity index (χ3n) is 10.3. The van der Waals surface area contributed by atoms with Gasteiger partial charge in [0.25, 0.3) is 0 Å². The van der Waals surface area contributed by atoms with Crippen LogP contribution in [0.2, 0.25) is 0 Å². The topological polar surface area (TPSA) is 8.17 Å². The Labute approximate surface area is 321 Å². The molecule has 1 aromatic heterocycles. The highest BCUT2D eigenvalue weighted by molar-refractivity contribution is 6.10. The molecule has 0 radical (unpaired) electrons. The first-order valence-corrected chi connectivity index (χ1v) is 18.2. The number of hydrogen-bond donors (Lipinski definition) is 0. The first kappa shape index (κ1) is 27.5. The zero-order chi connectivity index (χ0) is 39.3. The number of para-hydroxylation sites is 2. The molecule has 254 valence electrons. The Morgan fingerprint density at radius 1 is 0.370 bits per heavy atom. The second-order valence-corrected chi connectivity index (χ2v) is 13.5. The largest absolute Gasteiger partial charge is 0.310 e. The molecule has 10 rings (SSSR count). The predicted octanol–water partition coefficient (Wildman–Crippen LogP) is 14.4. The van der Waals surface area contributed by atoms with Crippen molar-refractivity contribution in [3.05, 3.63) is 218 Å². The molecular weight excluding hydrogens is 653 g/mol. The molecule has 0 atom stereocenters. The fourth-order valence-corrected chi connectivity index (χ4v) is 7.64. The van der Waals surface area contributed by atoms with Crippen LogP contribution in [0.3, 0.4) is 0 Å². The molecule has 0 saturated heterocycles. The smallest absolute Gasteiger partial charge is 0.0645 e. The number of fused-ring (bicyclic) bond motifs is 4. The SMILES string of the molecule is [2H]c1c([2H])c(N(c2ccc(-c3ccccc3)cc2)c2ccccc2-c2ccccc2)c([2H])c([2H])c1-c1ccc2c(c1)c1ccccc1n2-c1ccc2ccccc2c1. The van der Waals surface area contributed by atoms with Gasteiger partial charge in [-0.05, 0) is 99.2 Å². The van der Waals surface area contributed by atoms with Crippen LogP contribution in [0.25, 0.3) is 71.6 Å². The Hall–Kier alpha value is -7.16. The van der Waals surface area contributed by atoms with E-state index in [9.17, 15) is 5.48 Å². The minimum Gasteiger partial charge on any atom is -0.310 e. The van der Waals surface area contributed by atoms with E-state index < -0.39 is 0 Å². The lowest BCUT2D eigenvalue weighted by Gasteiger charge is -2.28. The Kier molecular flexibility index (Phi) is 6.84. The van der Waals surface area contributed by atoms with Gasteiger partial charge in [0.1, 0.15) is 0 Å². The van der Waals surface area contributed by atoms with Gasteiger partial charge in [-0.3, -0.25) is 0 Å². The number of benzene rings is 9.